The quantitative estimate of drug-likeness (QED) is 0.230. The number of hydrogen-bond acceptors (Lipinski definition) is 6. The highest BCUT2D eigenvalue weighted by molar-refractivity contribution is 7.99. The second kappa shape index (κ2) is 11.8. The van der Waals surface area contributed by atoms with Crippen molar-refractivity contribution in [3.05, 3.63) is 94.8 Å². The SMILES string of the molecule is Fc1cccc(Cl)c1COc1cccc(CNCCCSc2nnnn2-c2ccccc2)c1. The van der Waals surface area contributed by atoms with Gasteiger partial charge in [-0.05, 0) is 65.4 Å². The van der Waals surface area contributed by atoms with Crippen molar-refractivity contribution in [1.82, 2.24) is 25.5 Å². The van der Waals surface area contributed by atoms with Crippen molar-refractivity contribution >= 4 is 23.4 Å². The summed E-state index contributed by atoms with van der Waals surface area (Å²) >= 11 is 7.70. The molecule has 0 aliphatic carbocycles. The van der Waals surface area contributed by atoms with Gasteiger partial charge in [0.1, 0.15) is 18.2 Å². The third kappa shape index (κ3) is 6.54. The van der Waals surface area contributed by atoms with Crippen LogP contribution in [-0.4, -0.2) is 32.5 Å². The summed E-state index contributed by atoms with van der Waals surface area (Å²) in [6.45, 7) is 1.65. The van der Waals surface area contributed by atoms with Gasteiger partial charge in [-0.2, -0.15) is 4.68 Å². The Bertz CT molecular complexity index is 1150. The van der Waals surface area contributed by atoms with Gasteiger partial charge in [0.2, 0.25) is 5.16 Å². The molecular weight excluding hydrogens is 461 g/mol. The Morgan fingerprint density at radius 2 is 1.88 bits per heavy atom. The molecule has 0 saturated heterocycles. The molecule has 0 atom stereocenters. The Labute approximate surface area is 201 Å². The molecule has 3 aromatic carbocycles. The fourth-order valence-electron chi connectivity index (χ4n) is 3.16. The fourth-order valence-corrected chi connectivity index (χ4v) is 4.21. The van der Waals surface area contributed by atoms with Crippen LogP contribution in [0.3, 0.4) is 0 Å². The molecule has 4 rings (SSSR count). The molecule has 4 aromatic rings. The predicted octanol–water partition coefficient (Wildman–Crippen LogP) is 5.31. The molecule has 0 fully saturated rings. The summed E-state index contributed by atoms with van der Waals surface area (Å²) in [4.78, 5) is 0. The third-order valence-electron chi connectivity index (χ3n) is 4.84. The number of para-hydroxylation sites is 1. The molecule has 1 heterocycles. The van der Waals surface area contributed by atoms with Gasteiger partial charge >= 0.3 is 0 Å². The highest BCUT2D eigenvalue weighted by atomic mass is 35.5. The lowest BCUT2D eigenvalue weighted by Crippen LogP contribution is -2.15. The van der Waals surface area contributed by atoms with E-state index < -0.39 is 0 Å². The van der Waals surface area contributed by atoms with E-state index in [1.54, 1.807) is 28.6 Å². The second-order valence-corrected chi connectivity index (χ2v) is 8.69. The summed E-state index contributed by atoms with van der Waals surface area (Å²) in [5.41, 5.74) is 2.40. The molecule has 9 heteroatoms. The number of rotatable bonds is 11. The van der Waals surface area contributed by atoms with Gasteiger partial charge in [-0.1, -0.05) is 59.8 Å². The van der Waals surface area contributed by atoms with Crippen LogP contribution in [0.5, 0.6) is 5.75 Å². The second-order valence-electron chi connectivity index (χ2n) is 7.22. The molecule has 0 amide bonds. The normalized spacial score (nSPS) is 11.0. The van der Waals surface area contributed by atoms with E-state index in [0.717, 1.165) is 35.1 Å². The zero-order chi connectivity index (χ0) is 22.9. The molecule has 0 spiro atoms. The minimum absolute atomic E-state index is 0.0854. The van der Waals surface area contributed by atoms with Gasteiger partial charge in [0, 0.05) is 17.9 Å². The van der Waals surface area contributed by atoms with Crippen LogP contribution in [0, 0.1) is 5.82 Å². The molecule has 6 nitrogen and oxygen atoms in total. The number of halogens is 2. The van der Waals surface area contributed by atoms with Crippen molar-refractivity contribution in [2.24, 2.45) is 0 Å². The van der Waals surface area contributed by atoms with Crippen molar-refractivity contribution < 1.29 is 9.13 Å². The van der Waals surface area contributed by atoms with Crippen LogP contribution in [0.1, 0.15) is 17.5 Å². The van der Waals surface area contributed by atoms with Crippen LogP contribution >= 0.6 is 23.4 Å². The highest BCUT2D eigenvalue weighted by Crippen LogP contribution is 2.22. The smallest absolute Gasteiger partial charge is 0.214 e. The lowest BCUT2D eigenvalue weighted by atomic mass is 10.2. The number of thioether (sulfide) groups is 1. The van der Waals surface area contributed by atoms with Gasteiger partial charge in [-0.25, -0.2) is 4.39 Å². The van der Waals surface area contributed by atoms with Gasteiger partial charge in [0.25, 0.3) is 0 Å². The predicted molar refractivity (Wildman–Crippen MR) is 128 cm³/mol. The summed E-state index contributed by atoms with van der Waals surface area (Å²) in [6.07, 6.45) is 0.967. The first-order chi connectivity index (χ1) is 16.2. The number of ether oxygens (including phenoxy) is 1. The molecule has 0 bridgehead atoms. The largest absolute Gasteiger partial charge is 0.489 e. The van der Waals surface area contributed by atoms with Gasteiger partial charge in [0.15, 0.2) is 0 Å². The van der Waals surface area contributed by atoms with E-state index in [1.165, 1.54) is 6.07 Å². The molecule has 0 aliphatic heterocycles. The molecule has 170 valence electrons. The first-order valence-corrected chi connectivity index (χ1v) is 11.9. The number of benzene rings is 3. The Hall–Kier alpha value is -2.94. The molecule has 0 saturated carbocycles. The van der Waals surface area contributed by atoms with Gasteiger partial charge in [0.05, 0.1) is 10.7 Å². The van der Waals surface area contributed by atoms with Crippen molar-refractivity contribution in [3.63, 3.8) is 0 Å². The molecule has 1 N–H and O–H groups in total. The van der Waals surface area contributed by atoms with Crippen molar-refractivity contribution in [1.29, 1.82) is 0 Å². The van der Waals surface area contributed by atoms with E-state index in [1.807, 2.05) is 54.6 Å². The standard InChI is InChI=1S/C24H23ClFN5OS/c25-22-11-5-12-23(26)21(22)17-32-20-10-4-7-18(15-20)16-27-13-6-14-33-24-28-29-30-31(24)19-8-2-1-3-9-19/h1-5,7-12,15,27H,6,13-14,16-17H2. The Morgan fingerprint density at radius 1 is 1.03 bits per heavy atom. The summed E-state index contributed by atoms with van der Waals surface area (Å²) in [6, 6.07) is 22.2. The van der Waals surface area contributed by atoms with Crippen molar-refractivity contribution in [2.75, 3.05) is 12.3 Å². The maximum absolute atomic E-state index is 13.9. The monoisotopic (exact) mass is 483 g/mol. The van der Waals surface area contributed by atoms with Crippen molar-refractivity contribution in [2.45, 2.75) is 24.7 Å². The van der Waals surface area contributed by atoms with Crippen LogP contribution in [-0.2, 0) is 13.2 Å². The van der Waals surface area contributed by atoms with Crippen LogP contribution < -0.4 is 10.1 Å². The van der Waals surface area contributed by atoms with E-state index >= 15 is 0 Å². The summed E-state index contributed by atoms with van der Waals surface area (Å²) < 4.78 is 21.4. The molecule has 0 unspecified atom stereocenters. The average molecular weight is 484 g/mol. The minimum Gasteiger partial charge on any atom is -0.489 e. The Morgan fingerprint density at radius 3 is 2.73 bits per heavy atom. The van der Waals surface area contributed by atoms with Crippen LogP contribution in [0.15, 0.2) is 78.0 Å². The minimum atomic E-state index is -0.365. The van der Waals surface area contributed by atoms with Gasteiger partial charge < -0.3 is 10.1 Å². The summed E-state index contributed by atoms with van der Waals surface area (Å²) in [5, 5.41) is 16.6. The molecular formula is C24H23ClFN5OS. The van der Waals surface area contributed by atoms with E-state index in [4.69, 9.17) is 16.3 Å². The number of nitrogens with zero attached hydrogens (tertiary/aromatic N) is 4. The molecule has 0 radical (unpaired) electrons. The van der Waals surface area contributed by atoms with E-state index in [-0.39, 0.29) is 12.4 Å². The maximum atomic E-state index is 13.9. The molecule has 33 heavy (non-hydrogen) atoms. The number of nitrogens with one attached hydrogen (secondary N) is 1. The molecule has 0 aliphatic rings. The van der Waals surface area contributed by atoms with Gasteiger partial charge in [-0.3, -0.25) is 0 Å². The lowest BCUT2D eigenvalue weighted by molar-refractivity contribution is 0.299. The van der Waals surface area contributed by atoms with E-state index in [0.29, 0.717) is 22.9 Å². The zero-order valence-corrected chi connectivity index (χ0v) is 19.4. The van der Waals surface area contributed by atoms with Crippen LogP contribution in [0.4, 0.5) is 4.39 Å². The van der Waals surface area contributed by atoms with Crippen LogP contribution in [0.25, 0.3) is 5.69 Å². The first kappa shape index (κ1) is 23.2. The Balaban J connectivity index is 1.19. The van der Waals surface area contributed by atoms with Gasteiger partial charge in [-0.15, -0.1) is 5.10 Å². The molecule has 1 aromatic heterocycles. The van der Waals surface area contributed by atoms with E-state index in [9.17, 15) is 4.39 Å². The first-order valence-electron chi connectivity index (χ1n) is 10.5. The van der Waals surface area contributed by atoms with Crippen molar-refractivity contribution in [3.8, 4) is 11.4 Å². The third-order valence-corrected chi connectivity index (χ3v) is 6.20. The number of hydrogen-bond donors (Lipinski definition) is 1. The fraction of sp³-hybridized carbons (Fsp3) is 0.208. The number of tetrazole rings is 1. The van der Waals surface area contributed by atoms with E-state index in [2.05, 4.69) is 20.8 Å². The number of aromatic nitrogens is 4. The maximum Gasteiger partial charge on any atom is 0.214 e. The average Bonchev–Trinajstić information content (AvgIpc) is 3.30. The summed E-state index contributed by atoms with van der Waals surface area (Å²) in [5.74, 6) is 1.21. The lowest BCUT2D eigenvalue weighted by Gasteiger charge is -2.10. The topological polar surface area (TPSA) is 64.9 Å². The Kier molecular flexibility index (Phi) is 8.30. The zero-order valence-electron chi connectivity index (χ0n) is 17.8. The van der Waals surface area contributed by atoms with Crippen LogP contribution in [0.2, 0.25) is 5.02 Å². The highest BCUT2D eigenvalue weighted by Gasteiger charge is 2.09. The summed E-state index contributed by atoms with van der Waals surface area (Å²) in [7, 11) is 0.